The molecule has 1 aliphatic rings. The first-order chi connectivity index (χ1) is 12.1. The lowest BCUT2D eigenvalue weighted by molar-refractivity contribution is -0.115. The summed E-state index contributed by atoms with van der Waals surface area (Å²) in [7, 11) is 1.30. The van der Waals surface area contributed by atoms with Crippen LogP contribution in [0.5, 0.6) is 0 Å². The van der Waals surface area contributed by atoms with Crippen LogP contribution in [0.15, 0.2) is 58.1 Å². The Balaban J connectivity index is 1.93. The predicted octanol–water partition coefficient (Wildman–Crippen LogP) is 4.20. The first kappa shape index (κ1) is 17.1. The van der Waals surface area contributed by atoms with Crippen molar-refractivity contribution in [2.45, 2.75) is 18.8 Å². The van der Waals surface area contributed by atoms with Crippen molar-refractivity contribution in [3.63, 3.8) is 0 Å². The molecule has 0 aliphatic heterocycles. The van der Waals surface area contributed by atoms with Gasteiger partial charge in [-0.2, -0.15) is 0 Å². The highest BCUT2D eigenvalue weighted by molar-refractivity contribution is 7.12. The molecule has 128 valence electrons. The Morgan fingerprint density at radius 2 is 2.08 bits per heavy atom. The van der Waals surface area contributed by atoms with Gasteiger partial charge in [-0.25, -0.2) is 4.79 Å². The van der Waals surface area contributed by atoms with E-state index in [1.807, 2.05) is 30.3 Å². The lowest BCUT2D eigenvalue weighted by Crippen LogP contribution is -2.19. The number of ether oxygens (including phenoxy) is 1. The molecule has 1 aliphatic carbocycles. The number of esters is 1. The van der Waals surface area contributed by atoms with E-state index in [9.17, 15) is 14.7 Å². The van der Waals surface area contributed by atoms with Gasteiger partial charge in [0.1, 0.15) is 10.6 Å². The van der Waals surface area contributed by atoms with E-state index in [2.05, 4.69) is 4.99 Å². The van der Waals surface area contributed by atoms with Gasteiger partial charge >= 0.3 is 5.97 Å². The number of ketones is 1. The fourth-order valence-corrected chi connectivity index (χ4v) is 3.56. The highest BCUT2D eigenvalue weighted by Crippen LogP contribution is 2.34. The number of Topliss-reactive ketones (excluding diaryl/α,β-unsaturated/α-hetero) is 1. The summed E-state index contributed by atoms with van der Waals surface area (Å²) >= 11 is 1.22. The minimum Gasteiger partial charge on any atom is -0.511 e. The average molecular weight is 355 g/mol. The number of aliphatic imine (C=N–C) groups is 1. The van der Waals surface area contributed by atoms with E-state index in [4.69, 9.17) is 4.74 Å². The second-order valence-corrected chi connectivity index (χ2v) is 6.52. The number of nitrogens with zero attached hydrogens (tertiary/aromatic N) is 1. The molecule has 2 aromatic rings. The Hall–Kier alpha value is -2.73. The van der Waals surface area contributed by atoms with Gasteiger partial charge in [-0.15, -0.1) is 11.3 Å². The molecule has 0 fully saturated rings. The zero-order valence-electron chi connectivity index (χ0n) is 13.6. The molecule has 0 unspecified atom stereocenters. The standard InChI is InChI=1S/C19H17NO4S/c1-24-19(23)18-15(9-10-25-18)20-11-14-16(21)8-7-13(17(14)22)12-5-3-2-4-6-12/h2-6,9-11,13,22H,7-8H2,1H3/t13-/m0/s1. The van der Waals surface area contributed by atoms with Crippen LogP contribution in [0.2, 0.25) is 0 Å². The highest BCUT2D eigenvalue weighted by atomic mass is 32.1. The first-order valence-corrected chi connectivity index (χ1v) is 8.71. The number of rotatable bonds is 4. The predicted molar refractivity (Wildman–Crippen MR) is 96.9 cm³/mol. The second-order valence-electron chi connectivity index (χ2n) is 5.61. The molecule has 5 nitrogen and oxygen atoms in total. The molecule has 0 saturated carbocycles. The summed E-state index contributed by atoms with van der Waals surface area (Å²) in [6.07, 6.45) is 2.26. The van der Waals surface area contributed by atoms with E-state index >= 15 is 0 Å². The third-order valence-corrected chi connectivity index (χ3v) is 5.00. The average Bonchev–Trinajstić information content (AvgIpc) is 3.10. The lowest BCUT2D eigenvalue weighted by atomic mass is 9.83. The van der Waals surface area contributed by atoms with Gasteiger partial charge in [0.05, 0.1) is 18.4 Å². The SMILES string of the molecule is COC(=O)c1sccc1N=CC1=C(O)[C@H](c2ccccc2)CCC1=O. The monoisotopic (exact) mass is 355 g/mol. The van der Waals surface area contributed by atoms with E-state index in [-0.39, 0.29) is 23.0 Å². The molecule has 1 N–H and O–H groups in total. The van der Waals surface area contributed by atoms with Gasteiger partial charge < -0.3 is 9.84 Å². The van der Waals surface area contributed by atoms with E-state index in [1.165, 1.54) is 24.7 Å². The Bertz CT molecular complexity index is 851. The summed E-state index contributed by atoms with van der Waals surface area (Å²) in [4.78, 5) is 28.5. The number of aliphatic hydroxyl groups is 1. The van der Waals surface area contributed by atoms with Crippen LogP contribution in [0.3, 0.4) is 0 Å². The summed E-state index contributed by atoms with van der Waals surface area (Å²) in [5, 5.41) is 12.3. The van der Waals surface area contributed by atoms with E-state index < -0.39 is 5.97 Å². The third kappa shape index (κ3) is 3.53. The van der Waals surface area contributed by atoms with Crippen molar-refractivity contribution in [1.82, 2.24) is 0 Å². The van der Waals surface area contributed by atoms with Crippen LogP contribution >= 0.6 is 11.3 Å². The number of benzene rings is 1. The van der Waals surface area contributed by atoms with Gasteiger partial charge in [-0.05, 0) is 23.4 Å². The van der Waals surface area contributed by atoms with Crippen LogP contribution < -0.4 is 0 Å². The number of carbonyl (C=O) groups is 2. The van der Waals surface area contributed by atoms with Crippen molar-refractivity contribution >= 4 is 35.0 Å². The lowest BCUT2D eigenvalue weighted by Gasteiger charge is -2.22. The number of aliphatic hydroxyl groups excluding tert-OH is 1. The molecule has 1 aromatic carbocycles. The summed E-state index contributed by atoms with van der Waals surface area (Å²) < 4.78 is 4.71. The largest absolute Gasteiger partial charge is 0.511 e. The van der Waals surface area contributed by atoms with Gasteiger partial charge in [0.15, 0.2) is 5.78 Å². The summed E-state index contributed by atoms with van der Waals surface area (Å²) in [5.41, 5.74) is 1.58. The van der Waals surface area contributed by atoms with Gasteiger partial charge in [0.2, 0.25) is 0 Å². The summed E-state index contributed by atoms with van der Waals surface area (Å²) in [5.74, 6) is -0.815. The van der Waals surface area contributed by atoms with Crippen LogP contribution in [-0.4, -0.2) is 30.2 Å². The number of hydrogen-bond donors (Lipinski definition) is 1. The molecular formula is C19H17NO4S. The number of carbonyl (C=O) groups excluding carboxylic acids is 2. The van der Waals surface area contributed by atoms with Crippen LogP contribution in [-0.2, 0) is 9.53 Å². The van der Waals surface area contributed by atoms with Crippen molar-refractivity contribution in [2.75, 3.05) is 7.11 Å². The van der Waals surface area contributed by atoms with Gasteiger partial charge in [0.25, 0.3) is 0 Å². The maximum atomic E-state index is 12.2. The molecular weight excluding hydrogens is 338 g/mol. The molecule has 0 amide bonds. The van der Waals surface area contributed by atoms with Crippen molar-refractivity contribution < 1.29 is 19.4 Å². The molecule has 3 rings (SSSR count). The normalized spacial score (nSPS) is 18.0. The zero-order valence-corrected chi connectivity index (χ0v) is 14.5. The Labute approximate surface area is 149 Å². The fourth-order valence-electron chi connectivity index (χ4n) is 2.81. The van der Waals surface area contributed by atoms with Crippen LogP contribution in [0, 0.1) is 0 Å². The minimum atomic E-state index is -0.475. The fraction of sp³-hybridized carbons (Fsp3) is 0.211. The number of thiophene rings is 1. The van der Waals surface area contributed by atoms with Crippen molar-refractivity contribution in [3.8, 4) is 0 Å². The number of hydrogen-bond acceptors (Lipinski definition) is 6. The molecule has 25 heavy (non-hydrogen) atoms. The molecule has 0 spiro atoms. The maximum absolute atomic E-state index is 12.2. The van der Waals surface area contributed by atoms with Gasteiger partial charge in [0, 0.05) is 18.6 Å². The molecule has 0 bridgehead atoms. The van der Waals surface area contributed by atoms with Crippen molar-refractivity contribution in [1.29, 1.82) is 0 Å². The van der Waals surface area contributed by atoms with E-state index in [1.54, 1.807) is 11.4 Å². The summed E-state index contributed by atoms with van der Waals surface area (Å²) in [6, 6.07) is 11.2. The van der Waals surface area contributed by atoms with Crippen LogP contribution in [0.4, 0.5) is 5.69 Å². The molecule has 1 heterocycles. The maximum Gasteiger partial charge on any atom is 0.350 e. The van der Waals surface area contributed by atoms with Crippen LogP contribution in [0.25, 0.3) is 0 Å². The first-order valence-electron chi connectivity index (χ1n) is 7.83. The second kappa shape index (κ2) is 7.44. The number of allylic oxidation sites excluding steroid dienone is 2. The summed E-state index contributed by atoms with van der Waals surface area (Å²) in [6.45, 7) is 0. The molecule has 6 heteroatoms. The van der Waals surface area contributed by atoms with E-state index in [0.29, 0.717) is 23.4 Å². The molecule has 0 saturated heterocycles. The molecule has 1 atom stereocenters. The highest BCUT2D eigenvalue weighted by Gasteiger charge is 2.28. The zero-order chi connectivity index (χ0) is 17.8. The Kier molecular flexibility index (Phi) is 5.09. The third-order valence-electron chi connectivity index (χ3n) is 4.12. The molecule has 1 aromatic heterocycles. The topological polar surface area (TPSA) is 76.0 Å². The van der Waals surface area contributed by atoms with Gasteiger partial charge in [-0.3, -0.25) is 9.79 Å². The smallest absolute Gasteiger partial charge is 0.350 e. The van der Waals surface area contributed by atoms with E-state index in [0.717, 1.165) is 5.56 Å². The minimum absolute atomic E-state index is 0.0287. The Morgan fingerprint density at radius 3 is 2.80 bits per heavy atom. The Morgan fingerprint density at radius 1 is 1.32 bits per heavy atom. The van der Waals surface area contributed by atoms with Gasteiger partial charge in [-0.1, -0.05) is 30.3 Å². The van der Waals surface area contributed by atoms with Crippen molar-refractivity contribution in [2.24, 2.45) is 4.99 Å². The number of methoxy groups -OCH3 is 1. The van der Waals surface area contributed by atoms with Crippen molar-refractivity contribution in [3.05, 3.63) is 63.6 Å². The van der Waals surface area contributed by atoms with Crippen LogP contribution in [0.1, 0.15) is 34.0 Å². The quantitative estimate of drug-likeness (QED) is 0.659. The molecule has 0 radical (unpaired) electrons.